The van der Waals surface area contributed by atoms with E-state index in [1.807, 2.05) is 19.1 Å². The number of aryl methyl sites for hydroxylation is 1. The van der Waals surface area contributed by atoms with Gasteiger partial charge >= 0.3 is 0 Å². The fourth-order valence-corrected chi connectivity index (χ4v) is 2.20. The highest BCUT2D eigenvalue weighted by Gasteiger charge is 2.01. The molecule has 82 valence electrons. The van der Waals surface area contributed by atoms with Crippen molar-refractivity contribution in [2.75, 3.05) is 5.73 Å². The average molecular weight is 231 g/mol. The summed E-state index contributed by atoms with van der Waals surface area (Å²) in [6, 6.07) is 6.10. The predicted octanol–water partition coefficient (Wildman–Crippen LogP) is 2.66. The van der Waals surface area contributed by atoms with Gasteiger partial charge < -0.3 is 5.73 Å². The largest absolute Gasteiger partial charge is 0.398 e. The fourth-order valence-electron chi connectivity index (χ4n) is 1.36. The Morgan fingerprint density at radius 2 is 2.19 bits per heavy atom. The third kappa shape index (κ3) is 2.73. The molecule has 0 saturated carbocycles. The monoisotopic (exact) mass is 231 g/mol. The number of nitrogens with zero attached hydrogens (tertiary/aromatic N) is 2. The Morgan fingerprint density at radius 1 is 1.31 bits per heavy atom. The lowest BCUT2D eigenvalue weighted by atomic mass is 10.2. The molecule has 0 amide bonds. The van der Waals surface area contributed by atoms with Crippen molar-refractivity contribution in [3.63, 3.8) is 0 Å². The minimum atomic E-state index is 0.793. The van der Waals surface area contributed by atoms with Gasteiger partial charge in [-0.1, -0.05) is 6.07 Å². The maximum Gasteiger partial charge on any atom is 0.0689 e. The topological polar surface area (TPSA) is 51.8 Å². The van der Waals surface area contributed by atoms with E-state index >= 15 is 0 Å². The Labute approximate surface area is 99.1 Å². The van der Waals surface area contributed by atoms with Gasteiger partial charge in [0.15, 0.2) is 0 Å². The van der Waals surface area contributed by atoms with Crippen LogP contribution in [0.3, 0.4) is 0 Å². The standard InChI is InChI=1S/C12H13N3S/c1-9-2-3-12(11(13)6-9)16-8-10-7-14-4-5-15-10/h2-7H,8,13H2,1H3. The van der Waals surface area contributed by atoms with E-state index in [0.717, 1.165) is 22.0 Å². The van der Waals surface area contributed by atoms with Crippen LogP contribution in [-0.4, -0.2) is 9.97 Å². The van der Waals surface area contributed by atoms with Gasteiger partial charge in [0.05, 0.1) is 5.69 Å². The number of aromatic nitrogens is 2. The lowest BCUT2D eigenvalue weighted by Crippen LogP contribution is -1.91. The van der Waals surface area contributed by atoms with E-state index in [4.69, 9.17) is 5.73 Å². The molecule has 0 aliphatic heterocycles. The minimum absolute atomic E-state index is 0.793. The third-order valence-electron chi connectivity index (χ3n) is 2.16. The fraction of sp³-hybridized carbons (Fsp3) is 0.167. The molecular formula is C12H13N3S. The van der Waals surface area contributed by atoms with Crippen LogP contribution in [0.15, 0.2) is 41.7 Å². The molecular weight excluding hydrogens is 218 g/mol. The van der Waals surface area contributed by atoms with E-state index in [9.17, 15) is 0 Å². The van der Waals surface area contributed by atoms with Crippen molar-refractivity contribution < 1.29 is 0 Å². The van der Waals surface area contributed by atoms with E-state index in [-0.39, 0.29) is 0 Å². The highest BCUT2D eigenvalue weighted by Crippen LogP contribution is 2.27. The molecule has 1 aromatic heterocycles. The number of anilines is 1. The van der Waals surface area contributed by atoms with Crippen molar-refractivity contribution in [2.45, 2.75) is 17.6 Å². The number of nitrogen functional groups attached to an aromatic ring is 1. The van der Waals surface area contributed by atoms with Gasteiger partial charge in [0.1, 0.15) is 0 Å². The summed E-state index contributed by atoms with van der Waals surface area (Å²) in [4.78, 5) is 9.34. The van der Waals surface area contributed by atoms with Gasteiger partial charge in [-0.3, -0.25) is 9.97 Å². The van der Waals surface area contributed by atoms with Crippen LogP contribution in [-0.2, 0) is 5.75 Å². The van der Waals surface area contributed by atoms with Crippen molar-refractivity contribution >= 4 is 17.4 Å². The van der Waals surface area contributed by atoms with E-state index in [0.29, 0.717) is 0 Å². The third-order valence-corrected chi connectivity index (χ3v) is 3.28. The molecule has 0 saturated heterocycles. The minimum Gasteiger partial charge on any atom is -0.398 e. The van der Waals surface area contributed by atoms with Crippen LogP contribution >= 0.6 is 11.8 Å². The zero-order chi connectivity index (χ0) is 11.4. The molecule has 1 heterocycles. The van der Waals surface area contributed by atoms with E-state index < -0.39 is 0 Å². The first kappa shape index (κ1) is 11.0. The zero-order valence-electron chi connectivity index (χ0n) is 9.05. The molecule has 4 heteroatoms. The van der Waals surface area contributed by atoms with Crippen molar-refractivity contribution in [1.29, 1.82) is 0 Å². The van der Waals surface area contributed by atoms with Crippen LogP contribution in [0.1, 0.15) is 11.3 Å². The Bertz CT molecular complexity index is 471. The van der Waals surface area contributed by atoms with Gasteiger partial charge in [-0.25, -0.2) is 0 Å². The van der Waals surface area contributed by atoms with E-state index in [2.05, 4.69) is 16.0 Å². The quantitative estimate of drug-likeness (QED) is 0.651. The summed E-state index contributed by atoms with van der Waals surface area (Å²) in [5, 5.41) is 0. The van der Waals surface area contributed by atoms with Crippen molar-refractivity contribution in [3.8, 4) is 0 Å². The maximum atomic E-state index is 5.93. The highest BCUT2D eigenvalue weighted by atomic mass is 32.2. The lowest BCUT2D eigenvalue weighted by Gasteiger charge is -2.05. The Morgan fingerprint density at radius 3 is 2.88 bits per heavy atom. The van der Waals surface area contributed by atoms with Gasteiger partial charge in [0.25, 0.3) is 0 Å². The summed E-state index contributed by atoms with van der Waals surface area (Å²) in [5.41, 5.74) is 8.90. The average Bonchev–Trinajstić information content (AvgIpc) is 2.29. The molecule has 2 rings (SSSR count). The van der Waals surface area contributed by atoms with Gasteiger partial charge in [0, 0.05) is 34.9 Å². The molecule has 1 aromatic carbocycles. The van der Waals surface area contributed by atoms with Crippen LogP contribution < -0.4 is 5.73 Å². The summed E-state index contributed by atoms with van der Waals surface area (Å²) in [6.45, 7) is 2.04. The summed E-state index contributed by atoms with van der Waals surface area (Å²) in [7, 11) is 0. The van der Waals surface area contributed by atoms with Gasteiger partial charge in [0.2, 0.25) is 0 Å². The smallest absolute Gasteiger partial charge is 0.0689 e. The first-order valence-corrected chi connectivity index (χ1v) is 5.98. The van der Waals surface area contributed by atoms with Crippen LogP contribution in [0.5, 0.6) is 0 Å². The van der Waals surface area contributed by atoms with E-state index in [1.165, 1.54) is 5.56 Å². The summed E-state index contributed by atoms with van der Waals surface area (Å²) >= 11 is 1.68. The highest BCUT2D eigenvalue weighted by molar-refractivity contribution is 7.98. The first-order valence-electron chi connectivity index (χ1n) is 4.99. The van der Waals surface area contributed by atoms with Crippen LogP contribution in [0.4, 0.5) is 5.69 Å². The summed E-state index contributed by atoms with van der Waals surface area (Å²) in [6.07, 6.45) is 5.15. The Balaban J connectivity index is 2.05. The number of nitrogens with two attached hydrogens (primary N) is 1. The molecule has 0 unspecified atom stereocenters. The molecule has 0 fully saturated rings. The number of thioether (sulfide) groups is 1. The zero-order valence-corrected chi connectivity index (χ0v) is 9.87. The SMILES string of the molecule is Cc1ccc(SCc2cnccn2)c(N)c1. The van der Waals surface area contributed by atoms with Gasteiger partial charge in [-0.2, -0.15) is 0 Å². The molecule has 0 radical (unpaired) electrons. The molecule has 2 N–H and O–H groups in total. The van der Waals surface area contributed by atoms with Gasteiger partial charge in [-0.15, -0.1) is 11.8 Å². The summed E-state index contributed by atoms with van der Waals surface area (Å²) in [5.74, 6) is 0.793. The number of hydrogen-bond donors (Lipinski definition) is 1. The second-order valence-corrected chi connectivity index (χ2v) is 4.54. The molecule has 0 aliphatic carbocycles. The van der Waals surface area contributed by atoms with E-state index in [1.54, 1.807) is 30.4 Å². The van der Waals surface area contributed by atoms with Crippen molar-refractivity contribution in [1.82, 2.24) is 9.97 Å². The van der Waals surface area contributed by atoms with Gasteiger partial charge in [-0.05, 0) is 24.6 Å². The van der Waals surface area contributed by atoms with Crippen molar-refractivity contribution in [2.24, 2.45) is 0 Å². The molecule has 3 nitrogen and oxygen atoms in total. The lowest BCUT2D eigenvalue weighted by molar-refractivity contribution is 1.10. The van der Waals surface area contributed by atoms with Crippen molar-refractivity contribution in [3.05, 3.63) is 48.0 Å². The second-order valence-electron chi connectivity index (χ2n) is 3.53. The predicted molar refractivity (Wildman–Crippen MR) is 67.2 cm³/mol. The van der Waals surface area contributed by atoms with Crippen LogP contribution in [0.25, 0.3) is 0 Å². The Hall–Kier alpha value is -1.55. The molecule has 0 aliphatic rings. The first-order chi connectivity index (χ1) is 7.75. The number of rotatable bonds is 3. The normalized spacial score (nSPS) is 10.3. The Kier molecular flexibility index (Phi) is 3.41. The van der Waals surface area contributed by atoms with Crippen LogP contribution in [0, 0.1) is 6.92 Å². The number of hydrogen-bond acceptors (Lipinski definition) is 4. The maximum absolute atomic E-state index is 5.93. The molecule has 0 bridgehead atoms. The molecule has 16 heavy (non-hydrogen) atoms. The van der Waals surface area contributed by atoms with Crippen LogP contribution in [0.2, 0.25) is 0 Å². The molecule has 2 aromatic rings. The number of benzene rings is 1. The second kappa shape index (κ2) is 4.99. The summed E-state index contributed by atoms with van der Waals surface area (Å²) < 4.78 is 0. The molecule has 0 atom stereocenters. The molecule has 0 spiro atoms.